The lowest BCUT2D eigenvalue weighted by Crippen LogP contribution is -2.44. The lowest BCUT2D eigenvalue weighted by Gasteiger charge is -2.40. The quantitative estimate of drug-likeness (QED) is 0.338. The molecule has 2 aliphatic rings. The molecule has 0 saturated carbocycles. The van der Waals surface area contributed by atoms with Crippen molar-refractivity contribution in [2.24, 2.45) is 0 Å². The second-order valence-corrected chi connectivity index (χ2v) is 8.81. The zero-order valence-electron chi connectivity index (χ0n) is 16.8. The summed E-state index contributed by atoms with van der Waals surface area (Å²) in [4.78, 5) is 0. The van der Waals surface area contributed by atoms with E-state index in [1.54, 1.807) is 24.3 Å². The highest BCUT2D eigenvalue weighted by atomic mass is 35.5. The molecule has 31 heavy (non-hydrogen) atoms. The zero-order valence-corrected chi connectivity index (χ0v) is 17.5. The van der Waals surface area contributed by atoms with E-state index < -0.39 is 16.9 Å². The van der Waals surface area contributed by atoms with Gasteiger partial charge in [0.1, 0.15) is 5.60 Å². The molecule has 1 nitrogen and oxygen atoms in total. The van der Waals surface area contributed by atoms with E-state index in [-0.39, 0.29) is 6.42 Å². The van der Waals surface area contributed by atoms with Crippen LogP contribution in [0, 0.1) is 0 Å². The van der Waals surface area contributed by atoms with Gasteiger partial charge >= 0.3 is 0 Å². The van der Waals surface area contributed by atoms with E-state index in [9.17, 15) is 0 Å². The fourth-order valence-corrected chi connectivity index (χ4v) is 5.69. The van der Waals surface area contributed by atoms with Crippen LogP contribution in [0.3, 0.4) is 0 Å². The van der Waals surface area contributed by atoms with Gasteiger partial charge in [0.25, 0.3) is 0 Å². The summed E-state index contributed by atoms with van der Waals surface area (Å²) in [5.74, 6) is 0. The second kappa shape index (κ2) is 6.53. The van der Waals surface area contributed by atoms with Crippen molar-refractivity contribution in [3.63, 3.8) is 0 Å². The fourth-order valence-electron chi connectivity index (χ4n) is 5.57. The first kappa shape index (κ1) is 18.8. The SMILES string of the molecule is F[C@]1(c2ccc(Cl)cc2)C[C@]2(c3ccccc3)O[C@@]1(c1ccccc1)c1ccccc12. The van der Waals surface area contributed by atoms with Gasteiger partial charge in [-0.3, -0.25) is 0 Å². The third-order valence-electron chi connectivity index (χ3n) is 6.84. The number of fused-ring (bicyclic) bond motifs is 5. The molecule has 152 valence electrons. The van der Waals surface area contributed by atoms with Crippen LogP contribution in [0.1, 0.15) is 34.2 Å². The predicted octanol–water partition coefficient (Wildman–Crippen LogP) is 7.13. The van der Waals surface area contributed by atoms with Crippen molar-refractivity contribution in [1.82, 2.24) is 0 Å². The number of rotatable bonds is 3. The van der Waals surface area contributed by atoms with Crippen LogP contribution in [-0.4, -0.2) is 0 Å². The predicted molar refractivity (Wildman–Crippen MR) is 121 cm³/mol. The van der Waals surface area contributed by atoms with Crippen LogP contribution >= 0.6 is 11.6 Å². The van der Waals surface area contributed by atoms with Crippen LogP contribution in [0.5, 0.6) is 0 Å². The number of benzene rings is 4. The average Bonchev–Trinajstić information content (AvgIpc) is 3.29. The molecule has 3 heteroatoms. The van der Waals surface area contributed by atoms with Gasteiger partial charge in [-0.15, -0.1) is 0 Å². The Bertz CT molecular complexity index is 1260. The third kappa shape index (κ3) is 2.35. The Balaban J connectivity index is 1.71. The molecule has 4 aromatic rings. The molecular weight excluding hydrogens is 407 g/mol. The minimum Gasteiger partial charge on any atom is -0.346 e. The number of ether oxygens (including phenoxy) is 1. The Morgan fingerprint density at radius 3 is 1.81 bits per heavy atom. The lowest BCUT2D eigenvalue weighted by atomic mass is 9.62. The molecule has 6 rings (SSSR count). The first-order valence-corrected chi connectivity index (χ1v) is 10.8. The summed E-state index contributed by atoms with van der Waals surface area (Å²) in [6.45, 7) is 0. The van der Waals surface area contributed by atoms with Crippen molar-refractivity contribution in [3.05, 3.63) is 142 Å². The molecule has 0 radical (unpaired) electrons. The minimum atomic E-state index is -1.77. The van der Waals surface area contributed by atoms with Gasteiger partial charge in [0.05, 0.1) is 0 Å². The molecule has 0 aliphatic carbocycles. The average molecular weight is 427 g/mol. The first-order chi connectivity index (χ1) is 15.1. The normalized spacial score (nSPS) is 28.5. The van der Waals surface area contributed by atoms with Gasteiger partial charge in [0, 0.05) is 11.4 Å². The van der Waals surface area contributed by atoms with E-state index in [0.717, 1.165) is 22.3 Å². The highest BCUT2D eigenvalue weighted by molar-refractivity contribution is 6.30. The van der Waals surface area contributed by atoms with Crippen LogP contribution in [0.2, 0.25) is 5.02 Å². The molecule has 2 bridgehead atoms. The summed E-state index contributed by atoms with van der Waals surface area (Å²) in [5.41, 5.74) is 0.373. The number of hydrogen-bond donors (Lipinski definition) is 0. The van der Waals surface area contributed by atoms with Gasteiger partial charge in [-0.2, -0.15) is 0 Å². The second-order valence-electron chi connectivity index (χ2n) is 8.37. The number of alkyl halides is 1. The molecule has 3 atom stereocenters. The van der Waals surface area contributed by atoms with Crippen molar-refractivity contribution >= 4 is 11.6 Å². The Morgan fingerprint density at radius 1 is 0.613 bits per heavy atom. The van der Waals surface area contributed by atoms with Gasteiger partial charge in [-0.25, -0.2) is 4.39 Å². The van der Waals surface area contributed by atoms with Crippen LogP contribution in [0.4, 0.5) is 4.39 Å². The van der Waals surface area contributed by atoms with Gasteiger partial charge in [-0.05, 0) is 39.9 Å². The summed E-state index contributed by atoms with van der Waals surface area (Å²) in [6.07, 6.45) is 0.192. The summed E-state index contributed by atoms with van der Waals surface area (Å²) in [5, 5.41) is 0.586. The summed E-state index contributed by atoms with van der Waals surface area (Å²) < 4.78 is 24.6. The van der Waals surface area contributed by atoms with E-state index in [2.05, 4.69) is 6.07 Å². The molecule has 2 aliphatic heterocycles. The highest BCUT2D eigenvalue weighted by Crippen LogP contribution is 2.71. The maximum absolute atomic E-state index is 17.7. The Morgan fingerprint density at radius 2 is 1.16 bits per heavy atom. The molecule has 2 heterocycles. The van der Waals surface area contributed by atoms with E-state index in [1.807, 2.05) is 78.9 Å². The van der Waals surface area contributed by atoms with Crippen molar-refractivity contribution in [2.45, 2.75) is 23.3 Å². The molecule has 4 aromatic carbocycles. The maximum Gasteiger partial charge on any atom is 0.176 e. The lowest BCUT2D eigenvalue weighted by molar-refractivity contribution is -0.0839. The first-order valence-electron chi connectivity index (χ1n) is 10.5. The van der Waals surface area contributed by atoms with Gasteiger partial charge in [0.2, 0.25) is 0 Å². The molecule has 0 spiro atoms. The Kier molecular flexibility index (Phi) is 3.96. The van der Waals surface area contributed by atoms with Crippen molar-refractivity contribution in [1.29, 1.82) is 0 Å². The fraction of sp³-hybridized carbons (Fsp3) is 0.143. The van der Waals surface area contributed by atoms with Crippen LogP contribution in [-0.2, 0) is 21.6 Å². The van der Waals surface area contributed by atoms with Gasteiger partial charge in [0.15, 0.2) is 11.3 Å². The maximum atomic E-state index is 17.7. The molecule has 0 amide bonds. The summed E-state index contributed by atoms with van der Waals surface area (Å²) in [6, 6.07) is 34.9. The topological polar surface area (TPSA) is 9.23 Å². The van der Waals surface area contributed by atoms with Crippen molar-refractivity contribution in [2.75, 3.05) is 0 Å². The van der Waals surface area contributed by atoms with Gasteiger partial charge in [-0.1, -0.05) is 109 Å². The molecular formula is C28H20ClFO. The molecule has 1 fully saturated rings. The number of halogens is 2. The smallest absolute Gasteiger partial charge is 0.176 e. The minimum absolute atomic E-state index is 0.192. The molecule has 0 aromatic heterocycles. The highest BCUT2D eigenvalue weighted by Gasteiger charge is 2.74. The van der Waals surface area contributed by atoms with E-state index in [1.165, 1.54) is 0 Å². The Hall–Kier alpha value is -2.94. The van der Waals surface area contributed by atoms with Crippen LogP contribution < -0.4 is 0 Å². The monoisotopic (exact) mass is 426 g/mol. The van der Waals surface area contributed by atoms with E-state index in [4.69, 9.17) is 16.3 Å². The molecule has 0 unspecified atom stereocenters. The van der Waals surface area contributed by atoms with E-state index >= 15 is 4.39 Å². The number of hydrogen-bond acceptors (Lipinski definition) is 1. The van der Waals surface area contributed by atoms with Gasteiger partial charge < -0.3 is 4.74 Å². The van der Waals surface area contributed by atoms with Crippen molar-refractivity contribution in [3.8, 4) is 0 Å². The van der Waals surface area contributed by atoms with Crippen LogP contribution in [0.15, 0.2) is 109 Å². The zero-order chi connectivity index (χ0) is 21.1. The molecule has 1 saturated heterocycles. The van der Waals surface area contributed by atoms with Crippen molar-refractivity contribution < 1.29 is 9.13 Å². The standard InChI is InChI=1S/C28H20ClFO/c29-23-17-15-21(16-18-23)27(30)19-26(20-9-3-1-4-10-20)24-13-7-8-14-25(24)28(27,31-26)22-11-5-2-6-12-22/h1-18H,19H2/t26-,27+,28+/m1/s1. The summed E-state index contributed by atoms with van der Waals surface area (Å²) in [7, 11) is 0. The largest absolute Gasteiger partial charge is 0.346 e. The molecule has 0 N–H and O–H groups in total. The third-order valence-corrected chi connectivity index (χ3v) is 7.09. The Labute approximate surface area is 186 Å². The summed E-state index contributed by atoms with van der Waals surface area (Å²) >= 11 is 6.15. The van der Waals surface area contributed by atoms with Crippen LogP contribution in [0.25, 0.3) is 0 Å². The van der Waals surface area contributed by atoms with E-state index in [0.29, 0.717) is 10.6 Å².